The second-order valence-electron chi connectivity index (χ2n) is 8.00. The van der Waals surface area contributed by atoms with Crippen molar-refractivity contribution in [2.75, 3.05) is 25.1 Å². The van der Waals surface area contributed by atoms with Gasteiger partial charge in [0.05, 0.1) is 7.11 Å². The minimum atomic E-state index is -0.475. The van der Waals surface area contributed by atoms with Crippen LogP contribution in [-0.2, 0) is 9.47 Å². The normalized spacial score (nSPS) is 19.0. The number of ether oxygens (including phenoxy) is 2. The molecule has 2 fully saturated rings. The molecule has 1 saturated carbocycles. The maximum absolute atomic E-state index is 11.8. The van der Waals surface area contributed by atoms with Crippen LogP contribution in [0.4, 0.5) is 10.5 Å². The van der Waals surface area contributed by atoms with E-state index in [2.05, 4.69) is 15.2 Å². The van der Waals surface area contributed by atoms with Gasteiger partial charge in [-0.3, -0.25) is 0 Å². The number of hydrogen-bond acceptors (Lipinski definition) is 6. The van der Waals surface area contributed by atoms with Crippen LogP contribution < -0.4 is 10.2 Å². The van der Waals surface area contributed by atoms with Crippen LogP contribution in [0.3, 0.4) is 0 Å². The molecule has 7 nitrogen and oxygen atoms in total. The van der Waals surface area contributed by atoms with Gasteiger partial charge in [0, 0.05) is 36.4 Å². The number of pyridine rings is 1. The van der Waals surface area contributed by atoms with Gasteiger partial charge in [0.2, 0.25) is 0 Å². The lowest BCUT2D eigenvalue weighted by molar-refractivity contribution is 0.0215. The van der Waals surface area contributed by atoms with Crippen LogP contribution in [0.5, 0.6) is 0 Å². The van der Waals surface area contributed by atoms with E-state index in [1.54, 1.807) is 12.3 Å². The van der Waals surface area contributed by atoms with Gasteiger partial charge in [0.15, 0.2) is 0 Å². The van der Waals surface area contributed by atoms with E-state index in [1.165, 1.54) is 7.11 Å². The standard InChI is InChI=1S/C18H25N3O4/c1-17(2,3)25-16(23)20-12-8-18(9-12)10-21(11-18)13-5-6-19-14(7-13)15(22)24-4/h5-7,12H,8-11H2,1-4H3,(H,20,23). The maximum Gasteiger partial charge on any atom is 0.407 e. The molecule has 2 heterocycles. The van der Waals surface area contributed by atoms with Crippen molar-refractivity contribution < 1.29 is 19.1 Å². The molecule has 3 rings (SSSR count). The van der Waals surface area contributed by atoms with Gasteiger partial charge in [-0.1, -0.05) is 0 Å². The third-order valence-electron chi connectivity index (χ3n) is 4.64. The number of nitrogens with one attached hydrogen (secondary N) is 1. The van der Waals surface area contributed by atoms with Crippen LogP contribution in [0, 0.1) is 5.41 Å². The van der Waals surface area contributed by atoms with Gasteiger partial charge in [-0.05, 0) is 45.7 Å². The number of nitrogens with zero attached hydrogens (tertiary/aromatic N) is 2. The Morgan fingerprint density at radius 1 is 1.32 bits per heavy atom. The number of carbonyl (C=O) groups is 2. The fourth-order valence-corrected chi connectivity index (χ4v) is 3.60. The van der Waals surface area contributed by atoms with E-state index in [0.29, 0.717) is 5.69 Å². The van der Waals surface area contributed by atoms with Crippen molar-refractivity contribution >= 4 is 17.7 Å². The number of amides is 1. The Labute approximate surface area is 147 Å². The van der Waals surface area contributed by atoms with Gasteiger partial charge >= 0.3 is 12.1 Å². The number of esters is 1. The maximum atomic E-state index is 11.8. The van der Waals surface area contributed by atoms with Gasteiger partial charge < -0.3 is 19.7 Å². The Hall–Kier alpha value is -2.31. The van der Waals surface area contributed by atoms with E-state index in [0.717, 1.165) is 31.6 Å². The molecule has 1 aromatic heterocycles. The molecule has 1 aliphatic heterocycles. The lowest BCUT2D eigenvalue weighted by atomic mass is 9.60. The molecular formula is C18H25N3O4. The average Bonchev–Trinajstić information content (AvgIpc) is 2.45. The molecule has 1 spiro atoms. The first-order valence-electron chi connectivity index (χ1n) is 8.49. The highest BCUT2D eigenvalue weighted by Crippen LogP contribution is 2.49. The molecule has 0 unspecified atom stereocenters. The second-order valence-corrected chi connectivity index (χ2v) is 8.00. The largest absolute Gasteiger partial charge is 0.464 e. The topological polar surface area (TPSA) is 80.8 Å². The van der Waals surface area contributed by atoms with Gasteiger partial charge in [-0.2, -0.15) is 0 Å². The first-order chi connectivity index (χ1) is 11.7. The monoisotopic (exact) mass is 347 g/mol. The Balaban J connectivity index is 1.48. The predicted molar refractivity (Wildman–Crippen MR) is 92.6 cm³/mol. The fourth-order valence-electron chi connectivity index (χ4n) is 3.60. The van der Waals surface area contributed by atoms with Crippen molar-refractivity contribution in [3.63, 3.8) is 0 Å². The number of rotatable bonds is 3. The van der Waals surface area contributed by atoms with Crippen molar-refractivity contribution in [3.05, 3.63) is 24.0 Å². The first kappa shape index (κ1) is 17.5. The van der Waals surface area contributed by atoms with Crippen LogP contribution >= 0.6 is 0 Å². The molecule has 2 aliphatic rings. The molecule has 0 atom stereocenters. The van der Waals surface area contributed by atoms with Gasteiger partial charge in [-0.15, -0.1) is 0 Å². The summed E-state index contributed by atoms with van der Waals surface area (Å²) >= 11 is 0. The molecule has 1 aromatic rings. The highest BCUT2D eigenvalue weighted by Gasteiger charge is 2.53. The third kappa shape index (κ3) is 3.86. The zero-order chi connectivity index (χ0) is 18.2. The summed E-state index contributed by atoms with van der Waals surface area (Å²) in [5.74, 6) is -0.428. The summed E-state index contributed by atoms with van der Waals surface area (Å²) in [6.07, 6.45) is 3.19. The van der Waals surface area contributed by atoms with Gasteiger partial charge in [-0.25, -0.2) is 14.6 Å². The SMILES string of the molecule is COC(=O)c1cc(N2CC3(CC(NC(=O)OC(C)(C)C)C3)C2)ccn1. The zero-order valence-corrected chi connectivity index (χ0v) is 15.2. The van der Waals surface area contributed by atoms with Crippen molar-refractivity contribution in [2.45, 2.75) is 45.3 Å². The molecule has 1 amide bonds. The number of methoxy groups -OCH3 is 1. The Kier molecular flexibility index (Phi) is 4.34. The Bertz CT molecular complexity index is 669. The smallest absolute Gasteiger partial charge is 0.407 e. The highest BCUT2D eigenvalue weighted by atomic mass is 16.6. The van der Waals surface area contributed by atoms with E-state index < -0.39 is 11.6 Å². The molecular weight excluding hydrogens is 322 g/mol. The Morgan fingerprint density at radius 3 is 2.60 bits per heavy atom. The molecule has 1 N–H and O–H groups in total. The molecule has 0 bridgehead atoms. The van der Waals surface area contributed by atoms with Crippen LogP contribution in [0.25, 0.3) is 0 Å². The van der Waals surface area contributed by atoms with E-state index in [9.17, 15) is 9.59 Å². The van der Waals surface area contributed by atoms with Crippen LogP contribution in [-0.4, -0.2) is 48.9 Å². The van der Waals surface area contributed by atoms with E-state index in [-0.39, 0.29) is 17.6 Å². The zero-order valence-electron chi connectivity index (χ0n) is 15.2. The lowest BCUT2D eigenvalue weighted by Gasteiger charge is -2.59. The van der Waals surface area contributed by atoms with Crippen molar-refractivity contribution in [2.24, 2.45) is 5.41 Å². The summed E-state index contributed by atoms with van der Waals surface area (Å²) < 4.78 is 10.00. The Morgan fingerprint density at radius 2 is 2.00 bits per heavy atom. The molecule has 0 aromatic carbocycles. The predicted octanol–water partition coefficient (Wildman–Crippen LogP) is 2.36. The van der Waals surface area contributed by atoms with Crippen molar-refractivity contribution in [3.8, 4) is 0 Å². The summed E-state index contributed by atoms with van der Waals surface area (Å²) in [5.41, 5.74) is 1.08. The fraction of sp³-hybridized carbons (Fsp3) is 0.611. The quantitative estimate of drug-likeness (QED) is 0.846. The molecule has 1 saturated heterocycles. The summed E-state index contributed by atoms with van der Waals surface area (Å²) in [6, 6.07) is 3.84. The van der Waals surface area contributed by atoms with E-state index >= 15 is 0 Å². The lowest BCUT2D eigenvalue weighted by Crippen LogP contribution is -2.66. The minimum Gasteiger partial charge on any atom is -0.464 e. The van der Waals surface area contributed by atoms with Gasteiger partial charge in [0.1, 0.15) is 11.3 Å². The number of aromatic nitrogens is 1. The highest BCUT2D eigenvalue weighted by molar-refractivity contribution is 5.88. The molecule has 1 aliphatic carbocycles. The van der Waals surface area contributed by atoms with Gasteiger partial charge in [0.25, 0.3) is 0 Å². The third-order valence-corrected chi connectivity index (χ3v) is 4.64. The number of carbonyl (C=O) groups excluding carboxylic acids is 2. The number of hydrogen-bond donors (Lipinski definition) is 1. The van der Waals surface area contributed by atoms with E-state index in [1.807, 2.05) is 26.8 Å². The van der Waals surface area contributed by atoms with Crippen molar-refractivity contribution in [1.29, 1.82) is 0 Å². The molecule has 136 valence electrons. The number of alkyl carbamates (subject to hydrolysis) is 1. The average molecular weight is 347 g/mol. The summed E-state index contributed by atoms with van der Waals surface area (Å²) in [4.78, 5) is 29.6. The van der Waals surface area contributed by atoms with Crippen LogP contribution in [0.2, 0.25) is 0 Å². The summed E-state index contributed by atoms with van der Waals surface area (Å²) in [7, 11) is 1.35. The minimum absolute atomic E-state index is 0.181. The molecule has 25 heavy (non-hydrogen) atoms. The first-order valence-corrected chi connectivity index (χ1v) is 8.49. The second kappa shape index (κ2) is 6.20. The summed E-state index contributed by atoms with van der Waals surface area (Å²) in [6.45, 7) is 7.41. The van der Waals surface area contributed by atoms with E-state index in [4.69, 9.17) is 9.47 Å². The number of anilines is 1. The van der Waals surface area contributed by atoms with Crippen molar-refractivity contribution in [1.82, 2.24) is 10.3 Å². The van der Waals surface area contributed by atoms with Crippen LogP contribution in [0.1, 0.15) is 44.1 Å². The summed E-state index contributed by atoms with van der Waals surface area (Å²) in [5, 5.41) is 2.93. The molecule has 7 heteroatoms. The van der Waals surface area contributed by atoms with Crippen LogP contribution in [0.15, 0.2) is 18.3 Å². The molecule has 0 radical (unpaired) electrons.